The Morgan fingerprint density at radius 2 is 2.00 bits per heavy atom. The molecule has 0 radical (unpaired) electrons. The van der Waals surface area contributed by atoms with Crippen LogP contribution in [0.1, 0.15) is 13.8 Å². The number of carbonyl (C=O) groups excluding carboxylic acids is 1. The molecule has 0 aromatic heterocycles. The van der Waals surface area contributed by atoms with Crippen molar-refractivity contribution in [1.82, 2.24) is 10.2 Å². The van der Waals surface area contributed by atoms with Crippen molar-refractivity contribution in [1.29, 1.82) is 0 Å². The number of carbonyl (C=O) groups is 1. The number of urea groups is 1. The van der Waals surface area contributed by atoms with Crippen molar-refractivity contribution in [2.24, 2.45) is 5.73 Å². The summed E-state index contributed by atoms with van der Waals surface area (Å²) in [6.45, 7) is 5.46. The first-order valence-electron chi connectivity index (χ1n) is 3.47. The molecular formula is C6H13N3OS. The average molecular weight is 175 g/mol. The van der Waals surface area contributed by atoms with Gasteiger partial charge in [0, 0.05) is 13.1 Å². The molecule has 4 nitrogen and oxygen atoms in total. The van der Waals surface area contributed by atoms with Crippen LogP contribution in [0.2, 0.25) is 0 Å². The minimum atomic E-state index is -0.609. The number of nitrogens with two attached hydrogens (primary N) is 1. The quantitative estimate of drug-likeness (QED) is 0.593. The van der Waals surface area contributed by atoms with Crippen molar-refractivity contribution < 1.29 is 4.79 Å². The Balaban J connectivity index is 3.89. The van der Waals surface area contributed by atoms with Crippen molar-refractivity contribution in [3.63, 3.8) is 0 Å². The van der Waals surface area contributed by atoms with Gasteiger partial charge in [-0.2, -0.15) is 0 Å². The second kappa shape index (κ2) is 4.90. The number of amides is 2. The maximum Gasteiger partial charge on any atom is 0.318 e. The minimum Gasteiger partial charge on any atom is -0.351 e. The molecular weight excluding hydrogens is 162 g/mol. The van der Waals surface area contributed by atoms with Crippen LogP contribution in [0.3, 0.4) is 0 Å². The number of thiocarbonyl (C=S) groups is 1. The highest BCUT2D eigenvalue weighted by Crippen LogP contribution is 1.87. The van der Waals surface area contributed by atoms with Crippen LogP contribution < -0.4 is 11.1 Å². The van der Waals surface area contributed by atoms with E-state index < -0.39 is 6.03 Å². The number of nitrogens with one attached hydrogen (secondary N) is 1. The van der Waals surface area contributed by atoms with Crippen molar-refractivity contribution >= 4 is 23.4 Å². The van der Waals surface area contributed by atoms with Crippen LogP contribution in [-0.2, 0) is 0 Å². The van der Waals surface area contributed by atoms with Crippen LogP contribution in [0.15, 0.2) is 0 Å². The maximum absolute atomic E-state index is 10.3. The molecule has 0 spiro atoms. The lowest BCUT2D eigenvalue weighted by molar-refractivity contribution is 0.252. The van der Waals surface area contributed by atoms with Crippen LogP contribution >= 0.6 is 12.2 Å². The largest absolute Gasteiger partial charge is 0.351 e. The second-order valence-electron chi connectivity index (χ2n) is 1.97. The van der Waals surface area contributed by atoms with E-state index >= 15 is 0 Å². The van der Waals surface area contributed by atoms with Gasteiger partial charge in [0.25, 0.3) is 0 Å². The molecule has 0 aliphatic heterocycles. The number of nitrogens with zero attached hydrogens (tertiary/aromatic N) is 1. The lowest BCUT2D eigenvalue weighted by Gasteiger charge is -2.20. The van der Waals surface area contributed by atoms with E-state index in [1.165, 1.54) is 0 Å². The highest BCUT2D eigenvalue weighted by Gasteiger charge is 2.05. The van der Waals surface area contributed by atoms with Gasteiger partial charge in [-0.1, -0.05) is 0 Å². The van der Waals surface area contributed by atoms with Crippen LogP contribution in [0, 0.1) is 0 Å². The maximum atomic E-state index is 10.3. The Labute approximate surface area is 71.7 Å². The monoisotopic (exact) mass is 175 g/mol. The third-order valence-electron chi connectivity index (χ3n) is 1.28. The Bertz CT molecular complexity index is 156. The lowest BCUT2D eigenvalue weighted by atomic mass is 10.5. The summed E-state index contributed by atoms with van der Waals surface area (Å²) in [5.74, 6) is 0. The zero-order valence-electron chi connectivity index (χ0n) is 6.76. The highest BCUT2D eigenvalue weighted by molar-refractivity contribution is 7.80. The molecule has 0 atom stereocenters. The van der Waals surface area contributed by atoms with E-state index in [0.717, 1.165) is 13.1 Å². The van der Waals surface area contributed by atoms with Crippen LogP contribution in [0.25, 0.3) is 0 Å². The summed E-state index contributed by atoms with van der Waals surface area (Å²) in [7, 11) is 0. The van der Waals surface area contributed by atoms with Gasteiger partial charge in [-0.05, 0) is 26.1 Å². The van der Waals surface area contributed by atoms with Gasteiger partial charge >= 0.3 is 6.03 Å². The fourth-order valence-electron chi connectivity index (χ4n) is 0.695. The molecule has 0 bridgehead atoms. The average Bonchev–Trinajstić information content (AvgIpc) is 1.88. The van der Waals surface area contributed by atoms with E-state index in [4.69, 9.17) is 18.0 Å². The normalized spacial score (nSPS) is 8.91. The SMILES string of the molecule is CCN(CC)C(=S)NC(N)=O. The Kier molecular flexibility index (Phi) is 4.52. The van der Waals surface area contributed by atoms with Crippen molar-refractivity contribution in [3.05, 3.63) is 0 Å². The predicted octanol–water partition coefficient (Wildman–Crippen LogP) is 0.281. The number of hydrogen-bond donors (Lipinski definition) is 2. The highest BCUT2D eigenvalue weighted by atomic mass is 32.1. The molecule has 11 heavy (non-hydrogen) atoms. The van der Waals surface area contributed by atoms with Crippen molar-refractivity contribution in [2.45, 2.75) is 13.8 Å². The first-order chi connectivity index (χ1) is 5.11. The van der Waals surface area contributed by atoms with Crippen molar-refractivity contribution in [2.75, 3.05) is 13.1 Å². The summed E-state index contributed by atoms with van der Waals surface area (Å²) in [5.41, 5.74) is 4.88. The van der Waals surface area contributed by atoms with Gasteiger partial charge < -0.3 is 10.6 Å². The standard InChI is InChI=1S/C6H13N3OS/c1-3-9(4-2)6(11)8-5(7)10/h3-4H2,1-2H3,(H3,7,8,10,11). The van der Waals surface area contributed by atoms with E-state index in [2.05, 4.69) is 5.32 Å². The van der Waals surface area contributed by atoms with Gasteiger partial charge in [0.15, 0.2) is 5.11 Å². The fraction of sp³-hybridized carbons (Fsp3) is 0.667. The third-order valence-corrected chi connectivity index (χ3v) is 1.64. The molecule has 0 unspecified atom stereocenters. The summed E-state index contributed by atoms with van der Waals surface area (Å²) in [6.07, 6.45) is 0. The fourth-order valence-corrected chi connectivity index (χ4v) is 1.05. The zero-order valence-corrected chi connectivity index (χ0v) is 7.57. The molecule has 0 rings (SSSR count). The Hall–Kier alpha value is -0.840. The number of rotatable bonds is 2. The molecule has 0 aromatic carbocycles. The van der Waals surface area contributed by atoms with Gasteiger partial charge in [-0.3, -0.25) is 5.32 Å². The molecule has 0 aliphatic rings. The Morgan fingerprint density at radius 1 is 1.55 bits per heavy atom. The molecule has 64 valence electrons. The van der Waals surface area contributed by atoms with Crippen LogP contribution in [-0.4, -0.2) is 29.1 Å². The number of hydrogen-bond acceptors (Lipinski definition) is 2. The molecule has 5 heteroatoms. The molecule has 0 aromatic rings. The molecule has 3 N–H and O–H groups in total. The molecule has 0 saturated carbocycles. The Morgan fingerprint density at radius 3 is 2.27 bits per heavy atom. The summed E-state index contributed by atoms with van der Waals surface area (Å²) in [5, 5.41) is 2.73. The minimum absolute atomic E-state index is 0.391. The first kappa shape index (κ1) is 10.2. The molecule has 0 fully saturated rings. The van der Waals surface area contributed by atoms with Gasteiger partial charge in [-0.15, -0.1) is 0 Å². The van der Waals surface area contributed by atoms with Gasteiger partial charge in [0.1, 0.15) is 0 Å². The van der Waals surface area contributed by atoms with Gasteiger partial charge in [0.05, 0.1) is 0 Å². The summed E-state index contributed by atoms with van der Waals surface area (Å²) in [6, 6.07) is -0.609. The van der Waals surface area contributed by atoms with Crippen LogP contribution in [0.4, 0.5) is 4.79 Å². The van der Waals surface area contributed by atoms with Crippen LogP contribution in [0.5, 0.6) is 0 Å². The molecule has 0 saturated heterocycles. The topological polar surface area (TPSA) is 58.4 Å². The van der Waals surface area contributed by atoms with Crippen molar-refractivity contribution in [3.8, 4) is 0 Å². The summed E-state index contributed by atoms with van der Waals surface area (Å²) >= 11 is 4.86. The summed E-state index contributed by atoms with van der Waals surface area (Å²) < 4.78 is 0. The van der Waals surface area contributed by atoms with E-state index in [9.17, 15) is 4.79 Å². The lowest BCUT2D eigenvalue weighted by Crippen LogP contribution is -2.44. The molecule has 0 aliphatic carbocycles. The van der Waals surface area contributed by atoms with Gasteiger partial charge in [0.2, 0.25) is 0 Å². The first-order valence-corrected chi connectivity index (χ1v) is 3.88. The smallest absolute Gasteiger partial charge is 0.318 e. The molecule has 2 amide bonds. The number of primary amides is 1. The van der Waals surface area contributed by atoms with E-state index in [1.54, 1.807) is 0 Å². The van der Waals surface area contributed by atoms with Gasteiger partial charge in [-0.25, -0.2) is 4.79 Å². The second-order valence-corrected chi connectivity index (χ2v) is 2.35. The third kappa shape index (κ3) is 3.77. The van der Waals surface area contributed by atoms with E-state index in [0.29, 0.717) is 5.11 Å². The van der Waals surface area contributed by atoms with E-state index in [-0.39, 0.29) is 0 Å². The summed E-state index contributed by atoms with van der Waals surface area (Å²) in [4.78, 5) is 12.2. The predicted molar refractivity (Wildman–Crippen MR) is 48.2 cm³/mol. The zero-order chi connectivity index (χ0) is 8.85. The van der Waals surface area contributed by atoms with E-state index in [1.807, 2.05) is 18.7 Å². The molecule has 0 heterocycles.